The molecule has 31 heavy (non-hydrogen) atoms. The van der Waals surface area contributed by atoms with Crippen molar-refractivity contribution in [3.63, 3.8) is 0 Å². The van der Waals surface area contributed by atoms with Crippen LogP contribution in [0.1, 0.15) is 42.4 Å². The Kier molecular flexibility index (Phi) is 7.27. The summed E-state index contributed by atoms with van der Waals surface area (Å²) in [7, 11) is 2.21. The van der Waals surface area contributed by atoms with E-state index in [1.807, 2.05) is 0 Å². The largest absolute Gasteiger partial charge is 0.385 e. The van der Waals surface area contributed by atoms with Crippen LogP contribution in [0.3, 0.4) is 0 Å². The summed E-state index contributed by atoms with van der Waals surface area (Å²) in [5.74, 6) is 0.257. The zero-order valence-corrected chi connectivity index (χ0v) is 19.3. The van der Waals surface area contributed by atoms with Gasteiger partial charge in [0.05, 0.1) is 5.60 Å². The van der Waals surface area contributed by atoms with Crippen LogP contribution in [0.2, 0.25) is 0 Å². The SMILES string of the molecule is Cc1ccccc1CC1(O)/C(=C\c2ccccc2)CCCCC1CN1CCN(C)CC1. The van der Waals surface area contributed by atoms with Gasteiger partial charge in [0.15, 0.2) is 0 Å². The van der Waals surface area contributed by atoms with Gasteiger partial charge in [-0.1, -0.05) is 67.1 Å². The quantitative estimate of drug-likeness (QED) is 0.707. The number of piperazine rings is 1. The van der Waals surface area contributed by atoms with Crippen molar-refractivity contribution in [1.82, 2.24) is 9.80 Å². The zero-order valence-electron chi connectivity index (χ0n) is 19.3. The number of rotatable bonds is 5. The van der Waals surface area contributed by atoms with Crippen LogP contribution in [0.25, 0.3) is 6.08 Å². The third-order valence-corrected chi connectivity index (χ3v) is 7.42. The standard InChI is InChI=1S/C28H38N2O/c1-23-10-6-7-13-25(23)21-28(31)26(20-24-11-4-3-5-12-24)14-8-9-15-27(28)22-30-18-16-29(2)17-19-30/h3-7,10-13,20,27,31H,8-9,14-19,21-22H2,1-2H3/b26-20-. The second-order valence-electron chi connectivity index (χ2n) is 9.65. The summed E-state index contributed by atoms with van der Waals surface area (Å²) in [4.78, 5) is 4.99. The van der Waals surface area contributed by atoms with Gasteiger partial charge in [-0.3, -0.25) is 0 Å². The first kappa shape index (κ1) is 22.3. The summed E-state index contributed by atoms with van der Waals surface area (Å²) in [5.41, 5.74) is 4.16. The molecule has 1 aliphatic heterocycles. The van der Waals surface area contributed by atoms with E-state index < -0.39 is 5.60 Å². The molecule has 1 heterocycles. The lowest BCUT2D eigenvalue weighted by atomic mass is 9.74. The van der Waals surface area contributed by atoms with E-state index in [0.717, 1.165) is 52.0 Å². The first-order chi connectivity index (χ1) is 15.0. The minimum absolute atomic E-state index is 0.257. The molecular weight excluding hydrogens is 380 g/mol. The van der Waals surface area contributed by atoms with Crippen molar-refractivity contribution >= 4 is 6.08 Å². The number of benzene rings is 2. The molecule has 1 saturated heterocycles. The summed E-state index contributed by atoms with van der Waals surface area (Å²) in [6.45, 7) is 7.61. The first-order valence-electron chi connectivity index (χ1n) is 12.0. The highest BCUT2D eigenvalue weighted by Crippen LogP contribution is 2.41. The highest BCUT2D eigenvalue weighted by atomic mass is 16.3. The minimum atomic E-state index is -0.804. The van der Waals surface area contributed by atoms with E-state index in [0.29, 0.717) is 6.42 Å². The molecule has 2 aliphatic rings. The van der Waals surface area contributed by atoms with Crippen LogP contribution >= 0.6 is 0 Å². The Morgan fingerprint density at radius 3 is 2.42 bits per heavy atom. The molecule has 3 nitrogen and oxygen atoms in total. The van der Waals surface area contributed by atoms with E-state index in [2.05, 4.69) is 84.4 Å². The van der Waals surface area contributed by atoms with Gasteiger partial charge < -0.3 is 14.9 Å². The van der Waals surface area contributed by atoms with E-state index in [1.165, 1.54) is 28.7 Å². The van der Waals surface area contributed by atoms with Gasteiger partial charge in [0.2, 0.25) is 0 Å². The molecule has 0 bridgehead atoms. The first-order valence-corrected chi connectivity index (χ1v) is 12.0. The normalized spacial score (nSPS) is 27.3. The molecule has 1 saturated carbocycles. The van der Waals surface area contributed by atoms with Crippen molar-refractivity contribution in [3.05, 3.63) is 76.9 Å². The van der Waals surface area contributed by atoms with Crippen LogP contribution in [0.15, 0.2) is 60.2 Å². The maximum absolute atomic E-state index is 12.5. The number of nitrogens with zero attached hydrogens (tertiary/aromatic N) is 2. The average Bonchev–Trinajstić information content (AvgIpc) is 2.92. The van der Waals surface area contributed by atoms with Crippen LogP contribution in [0.5, 0.6) is 0 Å². The third kappa shape index (κ3) is 5.46. The fraction of sp³-hybridized carbons (Fsp3) is 0.500. The number of likely N-dealkylation sites (N-methyl/N-ethyl adjacent to an activating group) is 1. The molecule has 1 N–H and O–H groups in total. The van der Waals surface area contributed by atoms with Gasteiger partial charge in [0.25, 0.3) is 0 Å². The summed E-state index contributed by atoms with van der Waals surface area (Å²) >= 11 is 0. The van der Waals surface area contributed by atoms with Crippen molar-refractivity contribution in [2.45, 2.75) is 44.6 Å². The van der Waals surface area contributed by atoms with Crippen molar-refractivity contribution in [2.75, 3.05) is 39.8 Å². The molecule has 4 rings (SSSR count). The highest BCUT2D eigenvalue weighted by Gasteiger charge is 2.42. The molecule has 2 fully saturated rings. The molecule has 0 spiro atoms. The molecule has 3 heteroatoms. The van der Waals surface area contributed by atoms with Gasteiger partial charge in [0, 0.05) is 45.1 Å². The van der Waals surface area contributed by atoms with Crippen LogP contribution in [0.4, 0.5) is 0 Å². The van der Waals surface area contributed by atoms with Crippen molar-refractivity contribution in [2.24, 2.45) is 5.92 Å². The Hall–Kier alpha value is -1.94. The molecule has 2 atom stereocenters. The molecule has 166 valence electrons. The van der Waals surface area contributed by atoms with Gasteiger partial charge in [-0.2, -0.15) is 0 Å². The summed E-state index contributed by atoms with van der Waals surface area (Å²) < 4.78 is 0. The van der Waals surface area contributed by atoms with E-state index >= 15 is 0 Å². The van der Waals surface area contributed by atoms with Gasteiger partial charge in [-0.25, -0.2) is 0 Å². The highest BCUT2D eigenvalue weighted by molar-refractivity contribution is 5.56. The van der Waals surface area contributed by atoms with Crippen LogP contribution in [-0.2, 0) is 6.42 Å². The Bertz CT molecular complexity index is 870. The van der Waals surface area contributed by atoms with Gasteiger partial charge >= 0.3 is 0 Å². The van der Waals surface area contributed by atoms with E-state index in [1.54, 1.807) is 0 Å². The second kappa shape index (κ2) is 10.1. The van der Waals surface area contributed by atoms with Gasteiger partial charge in [-0.15, -0.1) is 0 Å². The second-order valence-corrected chi connectivity index (χ2v) is 9.65. The number of hydrogen-bond donors (Lipinski definition) is 1. The lowest BCUT2D eigenvalue weighted by Crippen LogP contribution is -2.51. The molecular formula is C28H38N2O. The minimum Gasteiger partial charge on any atom is -0.385 e. The van der Waals surface area contributed by atoms with Crippen LogP contribution in [-0.4, -0.2) is 60.3 Å². The van der Waals surface area contributed by atoms with Crippen LogP contribution < -0.4 is 0 Å². The smallest absolute Gasteiger partial charge is 0.0940 e. The van der Waals surface area contributed by atoms with Crippen molar-refractivity contribution in [1.29, 1.82) is 0 Å². The Morgan fingerprint density at radius 2 is 1.68 bits per heavy atom. The Labute approximate surface area is 188 Å². The predicted molar refractivity (Wildman–Crippen MR) is 130 cm³/mol. The lowest BCUT2D eigenvalue weighted by Gasteiger charge is -2.42. The van der Waals surface area contributed by atoms with Crippen molar-refractivity contribution in [3.8, 4) is 0 Å². The monoisotopic (exact) mass is 418 g/mol. The van der Waals surface area contributed by atoms with Gasteiger partial charge in [-0.05, 0) is 55.5 Å². The summed E-state index contributed by atoms with van der Waals surface area (Å²) in [5, 5.41) is 12.5. The van der Waals surface area contributed by atoms with E-state index in [9.17, 15) is 5.11 Å². The van der Waals surface area contributed by atoms with Gasteiger partial charge in [0.1, 0.15) is 0 Å². The number of aryl methyl sites for hydroxylation is 1. The predicted octanol–water partition coefficient (Wildman–Crippen LogP) is 4.79. The molecule has 2 unspecified atom stereocenters. The molecule has 1 aliphatic carbocycles. The van der Waals surface area contributed by atoms with E-state index in [-0.39, 0.29) is 5.92 Å². The number of hydrogen-bond acceptors (Lipinski definition) is 3. The molecule has 2 aromatic rings. The Morgan fingerprint density at radius 1 is 0.968 bits per heavy atom. The molecule has 0 amide bonds. The van der Waals surface area contributed by atoms with Crippen molar-refractivity contribution < 1.29 is 5.11 Å². The fourth-order valence-corrected chi connectivity index (χ4v) is 5.31. The lowest BCUT2D eigenvalue weighted by molar-refractivity contribution is -0.00653. The zero-order chi connectivity index (χ0) is 21.7. The molecule has 0 aromatic heterocycles. The van der Waals surface area contributed by atoms with E-state index in [4.69, 9.17) is 0 Å². The third-order valence-electron chi connectivity index (χ3n) is 7.42. The maximum atomic E-state index is 12.5. The van der Waals surface area contributed by atoms with Crippen LogP contribution in [0, 0.1) is 12.8 Å². The Balaban J connectivity index is 1.68. The average molecular weight is 419 g/mol. The maximum Gasteiger partial charge on any atom is 0.0940 e. The topological polar surface area (TPSA) is 26.7 Å². The molecule has 0 radical (unpaired) electrons. The summed E-state index contributed by atoms with van der Waals surface area (Å²) in [6.07, 6.45) is 7.42. The fourth-order valence-electron chi connectivity index (χ4n) is 5.31. The number of aliphatic hydroxyl groups is 1. The molecule has 2 aromatic carbocycles. The summed E-state index contributed by atoms with van der Waals surface area (Å²) in [6, 6.07) is 19.1.